The molecular weight excluding hydrogens is 316 g/mol. The van der Waals surface area contributed by atoms with Gasteiger partial charge in [0.15, 0.2) is 10.9 Å². The van der Waals surface area contributed by atoms with Gasteiger partial charge in [-0.15, -0.1) is 0 Å². The molecule has 0 saturated carbocycles. The summed E-state index contributed by atoms with van der Waals surface area (Å²) in [6.07, 6.45) is 0.0780. The SMILES string of the molecule is COC(=O)c1c(F)ccc(N2CC(SC(C)=O)CC2=O)c1F. The van der Waals surface area contributed by atoms with E-state index in [4.69, 9.17) is 0 Å². The molecule has 0 aliphatic carbocycles. The predicted octanol–water partition coefficient (Wildman–Crippen LogP) is 2.14. The number of rotatable bonds is 3. The first kappa shape index (κ1) is 16.4. The number of ether oxygens (including phenoxy) is 1. The van der Waals surface area contributed by atoms with Crippen LogP contribution in [0.1, 0.15) is 23.7 Å². The Morgan fingerprint density at radius 2 is 2.05 bits per heavy atom. The van der Waals surface area contributed by atoms with Crippen molar-refractivity contribution >= 4 is 34.4 Å². The molecule has 1 aromatic rings. The minimum absolute atomic E-state index is 0.0780. The van der Waals surface area contributed by atoms with Crippen LogP contribution in [0.5, 0.6) is 0 Å². The van der Waals surface area contributed by atoms with Gasteiger partial charge in [-0.05, 0) is 12.1 Å². The Morgan fingerprint density at radius 1 is 1.36 bits per heavy atom. The molecule has 8 heteroatoms. The maximum Gasteiger partial charge on any atom is 0.343 e. The summed E-state index contributed by atoms with van der Waals surface area (Å²) in [5, 5.41) is -0.439. The Labute approximate surface area is 129 Å². The summed E-state index contributed by atoms with van der Waals surface area (Å²) < 4.78 is 32.3. The maximum atomic E-state index is 14.4. The van der Waals surface area contributed by atoms with Gasteiger partial charge in [0.2, 0.25) is 5.91 Å². The lowest BCUT2D eigenvalue weighted by Gasteiger charge is -2.18. The van der Waals surface area contributed by atoms with Gasteiger partial charge >= 0.3 is 5.97 Å². The van der Waals surface area contributed by atoms with Crippen LogP contribution in [-0.4, -0.2) is 35.9 Å². The van der Waals surface area contributed by atoms with Crippen LogP contribution < -0.4 is 4.90 Å². The fraction of sp³-hybridized carbons (Fsp3) is 0.357. The molecule has 1 atom stereocenters. The second-order valence-electron chi connectivity index (χ2n) is 4.69. The number of hydrogen-bond donors (Lipinski definition) is 0. The molecule has 0 N–H and O–H groups in total. The molecule has 22 heavy (non-hydrogen) atoms. The third-order valence-corrected chi connectivity index (χ3v) is 4.15. The van der Waals surface area contributed by atoms with Gasteiger partial charge in [0.1, 0.15) is 11.4 Å². The quantitative estimate of drug-likeness (QED) is 0.795. The molecule has 0 radical (unpaired) electrons. The molecule has 1 fully saturated rings. The van der Waals surface area contributed by atoms with Gasteiger partial charge in [-0.25, -0.2) is 13.6 Å². The number of carbonyl (C=O) groups is 3. The van der Waals surface area contributed by atoms with E-state index < -0.39 is 23.2 Å². The molecule has 0 spiro atoms. The average molecular weight is 329 g/mol. The first-order valence-corrected chi connectivity index (χ1v) is 7.27. The summed E-state index contributed by atoms with van der Waals surface area (Å²) in [4.78, 5) is 35.6. The zero-order chi connectivity index (χ0) is 16.4. The number of nitrogens with zero attached hydrogens (tertiary/aromatic N) is 1. The third kappa shape index (κ3) is 3.11. The summed E-state index contributed by atoms with van der Waals surface area (Å²) >= 11 is 0.999. The number of carbonyl (C=O) groups excluding carboxylic acids is 3. The number of hydrogen-bond acceptors (Lipinski definition) is 5. The molecule has 1 unspecified atom stereocenters. The van der Waals surface area contributed by atoms with E-state index in [0.29, 0.717) is 0 Å². The normalized spacial score (nSPS) is 17.7. The number of halogens is 2. The van der Waals surface area contributed by atoms with Crippen molar-refractivity contribution in [3.63, 3.8) is 0 Å². The van der Waals surface area contributed by atoms with Gasteiger partial charge in [0, 0.05) is 25.1 Å². The molecule has 1 amide bonds. The van der Waals surface area contributed by atoms with Crippen LogP contribution in [0.2, 0.25) is 0 Å². The lowest BCUT2D eigenvalue weighted by Crippen LogP contribution is -2.27. The fourth-order valence-corrected chi connectivity index (χ4v) is 3.18. The first-order valence-electron chi connectivity index (χ1n) is 6.39. The Balaban J connectivity index is 2.35. The summed E-state index contributed by atoms with van der Waals surface area (Å²) in [7, 11) is 1.01. The van der Waals surface area contributed by atoms with E-state index in [1.165, 1.54) is 6.92 Å². The third-order valence-electron chi connectivity index (χ3n) is 3.17. The zero-order valence-corrected chi connectivity index (χ0v) is 12.7. The second kappa shape index (κ2) is 6.43. The fourth-order valence-electron chi connectivity index (χ4n) is 2.26. The van der Waals surface area contributed by atoms with Crippen molar-refractivity contribution in [2.45, 2.75) is 18.6 Å². The molecule has 2 rings (SSSR count). The number of esters is 1. The van der Waals surface area contributed by atoms with E-state index in [0.717, 1.165) is 35.9 Å². The molecule has 118 valence electrons. The highest BCUT2D eigenvalue weighted by molar-refractivity contribution is 8.14. The number of methoxy groups -OCH3 is 1. The Hall–Kier alpha value is -1.96. The minimum atomic E-state index is -1.15. The molecule has 1 aliphatic heterocycles. The average Bonchev–Trinajstić information content (AvgIpc) is 2.78. The monoisotopic (exact) mass is 329 g/mol. The topological polar surface area (TPSA) is 63.7 Å². The van der Waals surface area contributed by atoms with E-state index in [1.807, 2.05) is 0 Å². The molecule has 1 saturated heterocycles. The highest BCUT2D eigenvalue weighted by Crippen LogP contribution is 2.32. The van der Waals surface area contributed by atoms with Crippen LogP contribution in [0.3, 0.4) is 0 Å². The van der Waals surface area contributed by atoms with Crippen LogP contribution in [0.25, 0.3) is 0 Å². The number of anilines is 1. The van der Waals surface area contributed by atoms with Gasteiger partial charge in [0.25, 0.3) is 0 Å². The van der Waals surface area contributed by atoms with Crippen LogP contribution in [0.15, 0.2) is 12.1 Å². The van der Waals surface area contributed by atoms with E-state index >= 15 is 0 Å². The second-order valence-corrected chi connectivity index (χ2v) is 6.16. The highest BCUT2D eigenvalue weighted by Gasteiger charge is 2.35. The summed E-state index contributed by atoms with van der Waals surface area (Å²) in [6, 6.07) is 2.00. The Kier molecular flexibility index (Phi) is 4.80. The lowest BCUT2D eigenvalue weighted by atomic mass is 10.1. The minimum Gasteiger partial charge on any atom is -0.465 e. The molecule has 0 bridgehead atoms. The van der Waals surface area contributed by atoms with Gasteiger partial charge < -0.3 is 9.64 Å². The van der Waals surface area contributed by atoms with Crippen LogP contribution in [0, 0.1) is 11.6 Å². The van der Waals surface area contributed by atoms with Crippen molar-refractivity contribution in [1.82, 2.24) is 0 Å². The summed E-state index contributed by atoms with van der Waals surface area (Å²) in [6.45, 7) is 1.50. The van der Waals surface area contributed by atoms with Crippen molar-refractivity contribution in [1.29, 1.82) is 0 Å². The smallest absolute Gasteiger partial charge is 0.343 e. The molecule has 1 aromatic carbocycles. The van der Waals surface area contributed by atoms with Crippen molar-refractivity contribution in [2.24, 2.45) is 0 Å². The number of amides is 1. The zero-order valence-electron chi connectivity index (χ0n) is 11.9. The standard InChI is InChI=1S/C14H13F2NO4S/c1-7(18)22-8-5-11(19)17(6-8)10-4-3-9(15)12(13(10)16)14(20)21-2/h3-4,8H,5-6H2,1-2H3. The van der Waals surface area contributed by atoms with Crippen LogP contribution >= 0.6 is 11.8 Å². The van der Waals surface area contributed by atoms with E-state index in [-0.39, 0.29) is 34.9 Å². The van der Waals surface area contributed by atoms with Crippen molar-refractivity contribution in [3.8, 4) is 0 Å². The first-order chi connectivity index (χ1) is 10.3. The molecular formula is C14H13F2NO4S. The molecule has 1 heterocycles. The van der Waals surface area contributed by atoms with Crippen molar-refractivity contribution in [3.05, 3.63) is 29.3 Å². The largest absolute Gasteiger partial charge is 0.465 e. The Bertz CT molecular complexity index is 650. The van der Waals surface area contributed by atoms with Gasteiger partial charge in [-0.1, -0.05) is 11.8 Å². The maximum absolute atomic E-state index is 14.4. The highest BCUT2D eigenvalue weighted by atomic mass is 32.2. The van der Waals surface area contributed by atoms with Crippen molar-refractivity contribution in [2.75, 3.05) is 18.6 Å². The van der Waals surface area contributed by atoms with Gasteiger partial charge in [0.05, 0.1) is 12.8 Å². The molecule has 1 aliphatic rings. The van der Waals surface area contributed by atoms with Crippen LogP contribution in [-0.2, 0) is 14.3 Å². The molecule has 5 nitrogen and oxygen atoms in total. The van der Waals surface area contributed by atoms with E-state index in [1.54, 1.807) is 0 Å². The summed E-state index contributed by atoms with van der Waals surface area (Å²) in [5.74, 6) is -3.75. The van der Waals surface area contributed by atoms with Gasteiger partial charge in [-0.3, -0.25) is 9.59 Å². The van der Waals surface area contributed by atoms with Crippen molar-refractivity contribution < 1.29 is 27.9 Å². The number of benzene rings is 1. The van der Waals surface area contributed by atoms with Gasteiger partial charge in [-0.2, -0.15) is 0 Å². The Morgan fingerprint density at radius 3 is 2.64 bits per heavy atom. The van der Waals surface area contributed by atoms with Crippen LogP contribution in [0.4, 0.5) is 14.5 Å². The predicted molar refractivity (Wildman–Crippen MR) is 76.7 cm³/mol. The lowest BCUT2D eigenvalue weighted by molar-refractivity contribution is -0.117. The summed E-state index contributed by atoms with van der Waals surface area (Å²) in [5.41, 5.74) is -1.03. The molecule has 0 aromatic heterocycles. The van der Waals surface area contributed by atoms with E-state index in [9.17, 15) is 23.2 Å². The number of thioether (sulfide) groups is 1. The van der Waals surface area contributed by atoms with E-state index in [2.05, 4.69) is 4.74 Å².